The molecule has 118 valence electrons. The van der Waals surface area contributed by atoms with Crippen molar-refractivity contribution in [1.82, 2.24) is 14.6 Å². The number of thiazole rings is 1. The van der Waals surface area contributed by atoms with Crippen LogP contribution in [0.2, 0.25) is 0 Å². The molecule has 6 nitrogen and oxygen atoms in total. The van der Waals surface area contributed by atoms with E-state index in [1.54, 1.807) is 4.31 Å². The van der Waals surface area contributed by atoms with Crippen molar-refractivity contribution >= 4 is 26.7 Å². The minimum atomic E-state index is -3.51. The Hall–Kier alpha value is -0.700. The standard InChI is InChI=1S/C13H22N4O2S2/c1-14-8-11-4-2-3-7-17(11)21(18,19)16-13-15-12(9-20-13)10-5-6-10/h9-11,14H,2-8H2,1H3,(H,15,16). The van der Waals surface area contributed by atoms with E-state index < -0.39 is 10.2 Å². The van der Waals surface area contributed by atoms with Gasteiger partial charge in [0, 0.05) is 30.4 Å². The molecule has 21 heavy (non-hydrogen) atoms. The highest BCUT2D eigenvalue weighted by molar-refractivity contribution is 7.90. The van der Waals surface area contributed by atoms with Crippen molar-refractivity contribution in [2.24, 2.45) is 0 Å². The molecule has 8 heteroatoms. The first-order chi connectivity index (χ1) is 10.1. The monoisotopic (exact) mass is 330 g/mol. The minimum Gasteiger partial charge on any atom is -0.318 e. The quantitative estimate of drug-likeness (QED) is 0.833. The summed E-state index contributed by atoms with van der Waals surface area (Å²) >= 11 is 1.38. The Morgan fingerprint density at radius 2 is 2.19 bits per heavy atom. The van der Waals surface area contributed by atoms with Crippen LogP contribution in [0.3, 0.4) is 0 Å². The molecule has 0 spiro atoms. The molecular formula is C13H22N4O2S2. The first-order valence-electron chi connectivity index (χ1n) is 7.50. The Kier molecular flexibility index (Phi) is 4.49. The van der Waals surface area contributed by atoms with Gasteiger partial charge in [-0.2, -0.15) is 12.7 Å². The molecule has 2 fully saturated rings. The van der Waals surface area contributed by atoms with Crippen LogP contribution in [-0.2, 0) is 10.2 Å². The van der Waals surface area contributed by atoms with Gasteiger partial charge in [0.1, 0.15) is 0 Å². The fourth-order valence-electron chi connectivity index (χ4n) is 2.80. The fourth-order valence-corrected chi connectivity index (χ4v) is 5.27. The van der Waals surface area contributed by atoms with Gasteiger partial charge in [0.15, 0.2) is 5.13 Å². The van der Waals surface area contributed by atoms with Crippen LogP contribution in [0.25, 0.3) is 0 Å². The zero-order valence-corrected chi connectivity index (χ0v) is 13.8. The Morgan fingerprint density at radius 3 is 2.90 bits per heavy atom. The Labute approximate surface area is 130 Å². The molecule has 2 heterocycles. The summed E-state index contributed by atoms with van der Waals surface area (Å²) in [7, 11) is -1.65. The molecule has 1 saturated carbocycles. The summed E-state index contributed by atoms with van der Waals surface area (Å²) in [5.41, 5.74) is 1.03. The van der Waals surface area contributed by atoms with Crippen molar-refractivity contribution in [2.75, 3.05) is 24.9 Å². The number of nitrogens with zero attached hydrogens (tertiary/aromatic N) is 2. The lowest BCUT2D eigenvalue weighted by Crippen LogP contribution is -2.49. The summed E-state index contributed by atoms with van der Waals surface area (Å²) in [6.07, 6.45) is 5.26. The average Bonchev–Trinajstić information content (AvgIpc) is 3.21. The smallest absolute Gasteiger partial charge is 0.303 e. The lowest BCUT2D eigenvalue weighted by Gasteiger charge is -2.34. The second kappa shape index (κ2) is 6.20. The number of anilines is 1. The molecule has 1 saturated heterocycles. The number of hydrogen-bond donors (Lipinski definition) is 2. The molecule has 0 bridgehead atoms. The maximum atomic E-state index is 12.6. The lowest BCUT2D eigenvalue weighted by atomic mass is 10.1. The molecule has 0 amide bonds. The summed E-state index contributed by atoms with van der Waals surface area (Å²) in [6, 6.07) is 0.0316. The van der Waals surface area contributed by atoms with Crippen LogP contribution >= 0.6 is 11.3 Å². The van der Waals surface area contributed by atoms with Gasteiger partial charge in [-0.15, -0.1) is 11.3 Å². The maximum absolute atomic E-state index is 12.6. The molecule has 1 aliphatic heterocycles. The van der Waals surface area contributed by atoms with E-state index in [4.69, 9.17) is 0 Å². The minimum absolute atomic E-state index is 0.0316. The Morgan fingerprint density at radius 1 is 1.38 bits per heavy atom. The molecule has 3 rings (SSSR count). The van der Waals surface area contributed by atoms with Gasteiger partial charge in [-0.25, -0.2) is 9.71 Å². The van der Waals surface area contributed by atoms with E-state index in [2.05, 4.69) is 15.0 Å². The summed E-state index contributed by atoms with van der Waals surface area (Å²) in [6.45, 7) is 1.27. The van der Waals surface area contributed by atoms with E-state index in [0.29, 0.717) is 24.1 Å². The van der Waals surface area contributed by atoms with E-state index in [-0.39, 0.29) is 6.04 Å². The van der Waals surface area contributed by atoms with Gasteiger partial charge in [0.2, 0.25) is 0 Å². The highest BCUT2D eigenvalue weighted by Crippen LogP contribution is 2.41. The molecule has 2 N–H and O–H groups in total. The highest BCUT2D eigenvalue weighted by atomic mass is 32.2. The van der Waals surface area contributed by atoms with Crippen LogP contribution in [-0.4, -0.2) is 43.9 Å². The molecule has 0 radical (unpaired) electrons. The molecular weight excluding hydrogens is 308 g/mol. The molecule has 1 aromatic heterocycles. The van der Waals surface area contributed by atoms with Crippen molar-refractivity contribution in [3.8, 4) is 0 Å². The summed E-state index contributed by atoms with van der Waals surface area (Å²) in [5.74, 6) is 0.548. The highest BCUT2D eigenvalue weighted by Gasteiger charge is 2.33. The third-order valence-electron chi connectivity index (χ3n) is 4.06. The average molecular weight is 330 g/mol. The van der Waals surface area contributed by atoms with Crippen LogP contribution in [0, 0.1) is 0 Å². The van der Waals surface area contributed by atoms with Crippen molar-refractivity contribution in [3.05, 3.63) is 11.1 Å². The fraction of sp³-hybridized carbons (Fsp3) is 0.769. The van der Waals surface area contributed by atoms with Crippen LogP contribution in [0.1, 0.15) is 43.7 Å². The van der Waals surface area contributed by atoms with Gasteiger partial charge in [0.25, 0.3) is 0 Å². The van der Waals surface area contributed by atoms with Crippen LogP contribution in [0.15, 0.2) is 5.38 Å². The Bertz CT molecular complexity index is 581. The molecule has 1 atom stereocenters. The number of aromatic nitrogens is 1. The molecule has 1 unspecified atom stereocenters. The van der Waals surface area contributed by atoms with Crippen molar-refractivity contribution in [2.45, 2.75) is 44.1 Å². The third kappa shape index (κ3) is 3.56. The second-order valence-electron chi connectivity index (χ2n) is 5.78. The van der Waals surface area contributed by atoms with Crippen LogP contribution in [0.5, 0.6) is 0 Å². The molecule has 2 aliphatic rings. The van der Waals surface area contributed by atoms with E-state index in [1.807, 2.05) is 12.4 Å². The lowest BCUT2D eigenvalue weighted by molar-refractivity contribution is 0.250. The first-order valence-corrected chi connectivity index (χ1v) is 9.82. The van der Waals surface area contributed by atoms with Gasteiger partial charge in [-0.3, -0.25) is 0 Å². The summed E-state index contributed by atoms with van der Waals surface area (Å²) < 4.78 is 29.4. The SMILES string of the molecule is CNCC1CCCCN1S(=O)(=O)Nc1nc(C2CC2)cs1. The van der Waals surface area contributed by atoms with E-state index in [0.717, 1.165) is 25.0 Å². The van der Waals surface area contributed by atoms with Gasteiger partial charge in [-0.05, 0) is 32.7 Å². The largest absolute Gasteiger partial charge is 0.318 e. The van der Waals surface area contributed by atoms with Crippen molar-refractivity contribution < 1.29 is 8.42 Å². The van der Waals surface area contributed by atoms with E-state index in [1.165, 1.54) is 24.2 Å². The Balaban J connectivity index is 1.71. The van der Waals surface area contributed by atoms with Gasteiger partial charge < -0.3 is 5.32 Å². The van der Waals surface area contributed by atoms with Crippen molar-refractivity contribution in [3.63, 3.8) is 0 Å². The number of hydrogen-bond acceptors (Lipinski definition) is 5. The van der Waals surface area contributed by atoms with Gasteiger partial charge in [-0.1, -0.05) is 6.42 Å². The summed E-state index contributed by atoms with van der Waals surface area (Å²) in [5, 5.41) is 5.54. The summed E-state index contributed by atoms with van der Waals surface area (Å²) in [4.78, 5) is 4.41. The predicted octanol–water partition coefficient (Wildman–Crippen LogP) is 1.75. The van der Waals surface area contributed by atoms with Crippen LogP contribution in [0.4, 0.5) is 5.13 Å². The molecule has 0 aromatic carbocycles. The van der Waals surface area contributed by atoms with Gasteiger partial charge in [0.05, 0.1) is 5.69 Å². The number of nitrogens with one attached hydrogen (secondary N) is 2. The molecule has 1 aliphatic carbocycles. The molecule has 1 aromatic rings. The zero-order valence-electron chi connectivity index (χ0n) is 12.2. The predicted molar refractivity (Wildman–Crippen MR) is 84.9 cm³/mol. The second-order valence-corrected chi connectivity index (χ2v) is 8.26. The van der Waals surface area contributed by atoms with Gasteiger partial charge >= 0.3 is 10.2 Å². The van der Waals surface area contributed by atoms with Crippen LogP contribution < -0.4 is 10.0 Å². The number of piperidine rings is 1. The number of rotatable bonds is 6. The van der Waals surface area contributed by atoms with Crippen molar-refractivity contribution in [1.29, 1.82) is 0 Å². The third-order valence-corrected chi connectivity index (χ3v) is 6.51. The normalized spacial score (nSPS) is 24.1. The number of likely N-dealkylation sites (N-methyl/N-ethyl adjacent to an activating group) is 1. The zero-order chi connectivity index (χ0) is 14.9. The topological polar surface area (TPSA) is 74.3 Å². The van der Waals surface area contributed by atoms with E-state index in [9.17, 15) is 8.42 Å². The maximum Gasteiger partial charge on any atom is 0.303 e. The van der Waals surface area contributed by atoms with E-state index >= 15 is 0 Å². The first kappa shape index (κ1) is 15.2.